The largest absolute Gasteiger partial charge is 0.328 e. The molecule has 0 unspecified atom stereocenters. The van der Waals surface area contributed by atoms with Crippen molar-refractivity contribution >= 4 is 17.2 Å². The molecule has 1 amide bonds. The lowest BCUT2D eigenvalue weighted by Crippen LogP contribution is -2.22. The van der Waals surface area contributed by atoms with Gasteiger partial charge in [0.1, 0.15) is 10.4 Å². The molecular weight excluding hydrogens is 306 g/mol. The van der Waals surface area contributed by atoms with Gasteiger partial charge in [-0.2, -0.15) is 4.99 Å². The molecule has 0 aliphatic rings. The van der Waals surface area contributed by atoms with Crippen LogP contribution in [0.2, 0.25) is 0 Å². The number of benzene rings is 1. The molecule has 116 valence electrons. The minimum atomic E-state index is -0.251. The van der Waals surface area contributed by atoms with Gasteiger partial charge in [0, 0.05) is 12.7 Å². The standard InChI is InChI=1S/C18H17N3OS/c1-13-6-8-15(9-7-13)12-21-10-4-3-5-17(21)20-18(22)16-11-19-14(2)23-16/h3-11H,12H2,1-2H3. The maximum Gasteiger partial charge on any atom is 0.290 e. The number of carbonyl (C=O) groups is 1. The van der Waals surface area contributed by atoms with Crippen molar-refractivity contribution in [1.29, 1.82) is 0 Å². The highest BCUT2D eigenvalue weighted by Gasteiger charge is 2.07. The first kappa shape index (κ1) is 15.4. The monoisotopic (exact) mass is 323 g/mol. The molecule has 23 heavy (non-hydrogen) atoms. The number of aromatic nitrogens is 2. The molecule has 0 aliphatic carbocycles. The summed E-state index contributed by atoms with van der Waals surface area (Å²) in [6.45, 7) is 4.62. The number of rotatable bonds is 3. The van der Waals surface area contributed by atoms with E-state index in [0.29, 0.717) is 16.9 Å². The highest BCUT2D eigenvalue weighted by atomic mass is 32.1. The third kappa shape index (κ3) is 3.81. The van der Waals surface area contributed by atoms with Gasteiger partial charge in [-0.15, -0.1) is 11.3 Å². The van der Waals surface area contributed by atoms with Crippen LogP contribution in [0.25, 0.3) is 0 Å². The fourth-order valence-electron chi connectivity index (χ4n) is 2.21. The number of amides is 1. The van der Waals surface area contributed by atoms with E-state index < -0.39 is 0 Å². The van der Waals surface area contributed by atoms with Crippen LogP contribution in [0.1, 0.15) is 25.8 Å². The maximum atomic E-state index is 12.3. The second-order valence-electron chi connectivity index (χ2n) is 5.33. The number of aryl methyl sites for hydroxylation is 2. The fraction of sp³-hybridized carbons (Fsp3) is 0.167. The van der Waals surface area contributed by atoms with Gasteiger partial charge in [0.25, 0.3) is 5.91 Å². The Hall–Kier alpha value is -2.53. The smallest absolute Gasteiger partial charge is 0.290 e. The summed E-state index contributed by atoms with van der Waals surface area (Å²) in [5, 5.41) is 0.865. The average Bonchev–Trinajstić information content (AvgIpc) is 2.98. The molecular formula is C18H17N3OS. The first-order valence-corrected chi connectivity index (χ1v) is 8.16. The van der Waals surface area contributed by atoms with Gasteiger partial charge in [-0.25, -0.2) is 4.98 Å². The molecule has 5 heteroatoms. The summed E-state index contributed by atoms with van der Waals surface area (Å²) in [6.07, 6.45) is 3.52. The van der Waals surface area contributed by atoms with Gasteiger partial charge in [0.2, 0.25) is 0 Å². The van der Waals surface area contributed by atoms with Crippen molar-refractivity contribution < 1.29 is 4.79 Å². The zero-order valence-electron chi connectivity index (χ0n) is 13.1. The third-order valence-electron chi connectivity index (χ3n) is 3.44. The van der Waals surface area contributed by atoms with Gasteiger partial charge in [0.05, 0.1) is 11.2 Å². The van der Waals surface area contributed by atoms with Crippen LogP contribution in [0.5, 0.6) is 0 Å². The molecule has 0 saturated carbocycles. The number of pyridine rings is 1. The van der Waals surface area contributed by atoms with E-state index in [1.807, 2.05) is 35.9 Å². The van der Waals surface area contributed by atoms with Crippen molar-refractivity contribution in [2.75, 3.05) is 0 Å². The number of hydrogen-bond donors (Lipinski definition) is 0. The molecule has 0 aliphatic heterocycles. The lowest BCUT2D eigenvalue weighted by Gasteiger charge is -2.07. The van der Waals surface area contributed by atoms with E-state index in [4.69, 9.17) is 0 Å². The summed E-state index contributed by atoms with van der Waals surface area (Å²) in [5.74, 6) is -0.251. The summed E-state index contributed by atoms with van der Waals surface area (Å²) < 4.78 is 1.97. The first-order valence-electron chi connectivity index (χ1n) is 7.34. The summed E-state index contributed by atoms with van der Waals surface area (Å²) in [6, 6.07) is 14.0. The molecule has 0 fully saturated rings. The maximum absolute atomic E-state index is 12.3. The van der Waals surface area contributed by atoms with Crippen molar-refractivity contribution in [3.63, 3.8) is 0 Å². The summed E-state index contributed by atoms with van der Waals surface area (Å²) in [7, 11) is 0. The predicted molar refractivity (Wildman–Crippen MR) is 91.5 cm³/mol. The van der Waals surface area contributed by atoms with Crippen LogP contribution < -0.4 is 5.49 Å². The lowest BCUT2D eigenvalue weighted by atomic mass is 10.1. The molecule has 1 aromatic carbocycles. The van der Waals surface area contributed by atoms with Crippen LogP contribution in [0.15, 0.2) is 59.9 Å². The second-order valence-corrected chi connectivity index (χ2v) is 6.57. The molecule has 0 N–H and O–H groups in total. The Morgan fingerprint density at radius 2 is 1.96 bits per heavy atom. The Kier molecular flexibility index (Phi) is 4.48. The minimum Gasteiger partial charge on any atom is -0.328 e. The molecule has 2 aromatic heterocycles. The molecule has 0 spiro atoms. The van der Waals surface area contributed by atoms with Crippen LogP contribution >= 0.6 is 11.3 Å². The third-order valence-corrected chi connectivity index (χ3v) is 4.34. The Balaban J connectivity index is 1.92. The minimum absolute atomic E-state index is 0.251. The average molecular weight is 323 g/mol. The van der Waals surface area contributed by atoms with Crippen LogP contribution in [0.3, 0.4) is 0 Å². The SMILES string of the molecule is Cc1ccc(Cn2ccccc2=NC(=O)c2cnc(C)s2)cc1. The Morgan fingerprint density at radius 3 is 2.65 bits per heavy atom. The zero-order valence-corrected chi connectivity index (χ0v) is 13.9. The summed E-state index contributed by atoms with van der Waals surface area (Å²) >= 11 is 1.36. The molecule has 0 bridgehead atoms. The normalized spacial score (nSPS) is 11.7. The van der Waals surface area contributed by atoms with E-state index in [1.54, 1.807) is 6.20 Å². The van der Waals surface area contributed by atoms with E-state index in [2.05, 4.69) is 41.2 Å². The van der Waals surface area contributed by atoms with Crippen LogP contribution in [0.4, 0.5) is 0 Å². The predicted octanol–water partition coefficient (Wildman–Crippen LogP) is 3.35. The summed E-state index contributed by atoms with van der Waals surface area (Å²) in [5.41, 5.74) is 3.04. The Bertz CT molecular complexity index is 891. The quantitative estimate of drug-likeness (QED) is 0.742. The van der Waals surface area contributed by atoms with Crippen LogP contribution in [0, 0.1) is 13.8 Å². The van der Waals surface area contributed by atoms with Gasteiger partial charge in [-0.3, -0.25) is 4.79 Å². The Labute approximate surface area is 138 Å². The van der Waals surface area contributed by atoms with Gasteiger partial charge in [-0.1, -0.05) is 35.9 Å². The van der Waals surface area contributed by atoms with Crippen molar-refractivity contribution in [2.45, 2.75) is 20.4 Å². The van der Waals surface area contributed by atoms with E-state index in [-0.39, 0.29) is 5.91 Å². The molecule has 2 heterocycles. The summed E-state index contributed by atoms with van der Waals surface area (Å²) in [4.78, 5) is 21.2. The zero-order chi connectivity index (χ0) is 16.2. The van der Waals surface area contributed by atoms with Gasteiger partial charge in [0.15, 0.2) is 0 Å². The number of hydrogen-bond acceptors (Lipinski definition) is 3. The molecule has 0 radical (unpaired) electrons. The molecule has 0 saturated heterocycles. The topological polar surface area (TPSA) is 47.2 Å². The first-order chi connectivity index (χ1) is 11.1. The molecule has 4 nitrogen and oxygen atoms in total. The Morgan fingerprint density at radius 1 is 1.17 bits per heavy atom. The van der Waals surface area contributed by atoms with Crippen molar-refractivity contribution in [3.05, 3.63) is 81.4 Å². The molecule has 0 atom stereocenters. The van der Waals surface area contributed by atoms with E-state index in [9.17, 15) is 4.79 Å². The molecule has 3 aromatic rings. The van der Waals surface area contributed by atoms with E-state index in [0.717, 1.165) is 5.01 Å². The van der Waals surface area contributed by atoms with E-state index in [1.165, 1.54) is 22.5 Å². The van der Waals surface area contributed by atoms with Crippen LogP contribution in [-0.4, -0.2) is 15.5 Å². The van der Waals surface area contributed by atoms with Crippen molar-refractivity contribution in [1.82, 2.24) is 9.55 Å². The number of thiazole rings is 1. The highest BCUT2D eigenvalue weighted by molar-refractivity contribution is 7.13. The fourth-order valence-corrected chi connectivity index (χ4v) is 2.87. The second kappa shape index (κ2) is 6.71. The van der Waals surface area contributed by atoms with Crippen molar-refractivity contribution in [2.24, 2.45) is 4.99 Å². The number of nitrogens with zero attached hydrogens (tertiary/aromatic N) is 3. The van der Waals surface area contributed by atoms with Crippen molar-refractivity contribution in [3.8, 4) is 0 Å². The molecule has 3 rings (SSSR count). The van der Waals surface area contributed by atoms with Crippen LogP contribution in [-0.2, 0) is 6.54 Å². The van der Waals surface area contributed by atoms with Gasteiger partial charge < -0.3 is 4.57 Å². The van der Waals surface area contributed by atoms with Gasteiger partial charge in [-0.05, 0) is 31.5 Å². The highest BCUT2D eigenvalue weighted by Crippen LogP contribution is 2.12. The van der Waals surface area contributed by atoms with Gasteiger partial charge >= 0.3 is 0 Å². The van der Waals surface area contributed by atoms with E-state index >= 15 is 0 Å². The number of carbonyl (C=O) groups excluding carboxylic acids is 1. The lowest BCUT2D eigenvalue weighted by molar-refractivity contribution is 0.100.